The summed E-state index contributed by atoms with van der Waals surface area (Å²) in [6.07, 6.45) is 1.42. The molecule has 1 aromatic heterocycles. The van der Waals surface area contributed by atoms with Crippen LogP contribution in [0, 0.1) is 11.2 Å². The van der Waals surface area contributed by atoms with Crippen LogP contribution in [0.15, 0.2) is 24.5 Å². The number of carbonyl (C=O) groups is 1. The van der Waals surface area contributed by atoms with Gasteiger partial charge in [0.25, 0.3) is 0 Å². The molecule has 2 aromatic rings. The number of aromatic amines is 1. The van der Waals surface area contributed by atoms with E-state index in [4.69, 9.17) is 5.73 Å². The largest absolute Gasteiger partial charge is 0.480 e. The Hall–Kier alpha value is -2.28. The maximum absolute atomic E-state index is 14.5. The lowest BCUT2D eigenvalue weighted by Crippen LogP contribution is -2.48. The van der Waals surface area contributed by atoms with E-state index in [0.717, 1.165) is 0 Å². The Morgan fingerprint density at radius 2 is 2.09 bits per heavy atom. The number of nitrogens with zero attached hydrogens (tertiary/aromatic N) is 2. The zero-order chi connectivity index (χ0) is 16.5. The van der Waals surface area contributed by atoms with Crippen LogP contribution in [0.5, 0.6) is 0 Å². The third kappa shape index (κ3) is 3.14. The third-order valence-corrected chi connectivity index (χ3v) is 3.33. The molecule has 0 fully saturated rings. The molecule has 1 atom stereocenters. The second-order valence-corrected chi connectivity index (χ2v) is 6.54. The lowest BCUT2D eigenvalue weighted by Gasteiger charge is -2.32. The van der Waals surface area contributed by atoms with Crippen LogP contribution in [0.2, 0.25) is 0 Å². The predicted octanol–water partition coefficient (Wildman–Crippen LogP) is 2.29. The summed E-state index contributed by atoms with van der Waals surface area (Å²) in [7, 11) is 0. The molecule has 6 nitrogen and oxygen atoms in total. The standard InChI is InChI=1S/C15H19FN4O2/c1-14(2,3)7-15(17,13(21)22)10-5-4-9(6-11(10)16)12-18-8-19-20-12/h4-6,8H,7,17H2,1-3H3,(H,21,22)(H,18,19,20)/t15-/m1/s1. The molecular formula is C15H19FN4O2. The molecule has 0 spiro atoms. The lowest BCUT2D eigenvalue weighted by atomic mass is 9.76. The van der Waals surface area contributed by atoms with E-state index in [1.165, 1.54) is 18.5 Å². The Balaban J connectivity index is 2.47. The van der Waals surface area contributed by atoms with Crippen LogP contribution >= 0.6 is 0 Å². The van der Waals surface area contributed by atoms with Gasteiger partial charge in [0.1, 0.15) is 17.7 Å². The van der Waals surface area contributed by atoms with Gasteiger partial charge < -0.3 is 10.8 Å². The van der Waals surface area contributed by atoms with Crippen molar-refractivity contribution >= 4 is 5.97 Å². The molecule has 0 saturated carbocycles. The van der Waals surface area contributed by atoms with Crippen molar-refractivity contribution in [2.75, 3.05) is 0 Å². The summed E-state index contributed by atoms with van der Waals surface area (Å²) in [6, 6.07) is 4.18. The summed E-state index contributed by atoms with van der Waals surface area (Å²) in [5.74, 6) is -1.53. The van der Waals surface area contributed by atoms with E-state index in [2.05, 4.69) is 15.2 Å². The molecule has 0 aliphatic heterocycles. The minimum Gasteiger partial charge on any atom is -0.480 e. The highest BCUT2D eigenvalue weighted by Gasteiger charge is 2.41. The van der Waals surface area contributed by atoms with E-state index in [0.29, 0.717) is 11.4 Å². The molecule has 0 radical (unpaired) electrons. The number of nitrogens with one attached hydrogen (secondary N) is 1. The van der Waals surface area contributed by atoms with Crippen molar-refractivity contribution < 1.29 is 14.3 Å². The Morgan fingerprint density at radius 3 is 2.55 bits per heavy atom. The zero-order valence-corrected chi connectivity index (χ0v) is 12.7. The number of hydrogen-bond donors (Lipinski definition) is 3. The number of halogens is 1. The molecule has 0 aliphatic carbocycles. The number of aliphatic carboxylic acids is 1. The average Bonchev–Trinajstić information content (AvgIpc) is 2.89. The van der Waals surface area contributed by atoms with Crippen LogP contribution in [-0.4, -0.2) is 26.3 Å². The normalized spacial score (nSPS) is 14.6. The fourth-order valence-corrected chi connectivity index (χ4v) is 2.49. The van der Waals surface area contributed by atoms with Crippen molar-refractivity contribution in [1.82, 2.24) is 15.2 Å². The zero-order valence-electron chi connectivity index (χ0n) is 12.7. The molecule has 7 heteroatoms. The molecule has 0 unspecified atom stereocenters. The molecule has 0 aliphatic rings. The van der Waals surface area contributed by atoms with Crippen molar-refractivity contribution in [3.8, 4) is 11.4 Å². The number of H-pyrrole nitrogens is 1. The van der Waals surface area contributed by atoms with Crippen molar-refractivity contribution in [3.05, 3.63) is 35.9 Å². The van der Waals surface area contributed by atoms with Crippen LogP contribution in [0.3, 0.4) is 0 Å². The highest BCUT2D eigenvalue weighted by Crippen LogP contribution is 2.35. The minimum absolute atomic E-state index is 0.0433. The topological polar surface area (TPSA) is 105 Å². The van der Waals surface area contributed by atoms with E-state index in [9.17, 15) is 14.3 Å². The molecule has 2 rings (SSSR count). The predicted molar refractivity (Wildman–Crippen MR) is 79.3 cm³/mol. The van der Waals surface area contributed by atoms with Crippen LogP contribution < -0.4 is 5.73 Å². The number of aromatic nitrogens is 3. The molecule has 0 bridgehead atoms. The van der Waals surface area contributed by atoms with Gasteiger partial charge in [0.05, 0.1) is 0 Å². The first-order valence-corrected chi connectivity index (χ1v) is 6.81. The van der Waals surface area contributed by atoms with Crippen LogP contribution in [0.1, 0.15) is 32.8 Å². The molecule has 0 amide bonds. The van der Waals surface area contributed by atoms with E-state index in [1.807, 2.05) is 20.8 Å². The van der Waals surface area contributed by atoms with Crippen molar-refractivity contribution in [1.29, 1.82) is 0 Å². The Kier molecular flexibility index (Phi) is 4.02. The molecule has 118 valence electrons. The van der Waals surface area contributed by atoms with Gasteiger partial charge in [-0.2, -0.15) is 5.10 Å². The van der Waals surface area contributed by atoms with Gasteiger partial charge in [0.15, 0.2) is 5.82 Å². The number of rotatable bonds is 4. The van der Waals surface area contributed by atoms with Crippen LogP contribution in [0.4, 0.5) is 4.39 Å². The first kappa shape index (κ1) is 16.1. The number of nitrogens with two attached hydrogens (primary N) is 1. The molecule has 4 N–H and O–H groups in total. The first-order chi connectivity index (χ1) is 10.1. The number of benzene rings is 1. The van der Waals surface area contributed by atoms with Gasteiger partial charge in [-0.3, -0.25) is 5.10 Å². The minimum atomic E-state index is -1.79. The van der Waals surface area contributed by atoms with E-state index in [1.54, 1.807) is 6.07 Å². The van der Waals surface area contributed by atoms with Gasteiger partial charge in [-0.15, -0.1) is 0 Å². The van der Waals surface area contributed by atoms with E-state index in [-0.39, 0.29) is 17.4 Å². The van der Waals surface area contributed by atoms with Crippen LogP contribution in [-0.2, 0) is 10.3 Å². The molecule has 1 aromatic carbocycles. The second-order valence-electron chi connectivity index (χ2n) is 6.54. The summed E-state index contributed by atoms with van der Waals surface area (Å²) in [5, 5.41) is 15.8. The second kappa shape index (κ2) is 5.49. The van der Waals surface area contributed by atoms with Gasteiger partial charge in [-0.05, 0) is 17.9 Å². The van der Waals surface area contributed by atoms with Gasteiger partial charge in [0.2, 0.25) is 0 Å². The fourth-order valence-electron chi connectivity index (χ4n) is 2.49. The molecule has 1 heterocycles. The summed E-state index contributed by atoms with van der Waals surface area (Å²) < 4.78 is 14.5. The molecule has 0 saturated heterocycles. The molecular weight excluding hydrogens is 287 g/mol. The number of carboxylic acids is 1. The van der Waals surface area contributed by atoms with Gasteiger partial charge in [-0.1, -0.05) is 32.9 Å². The maximum Gasteiger partial charge on any atom is 0.328 e. The third-order valence-electron chi connectivity index (χ3n) is 3.33. The van der Waals surface area contributed by atoms with Crippen LogP contribution in [0.25, 0.3) is 11.4 Å². The lowest BCUT2D eigenvalue weighted by molar-refractivity contribution is -0.145. The maximum atomic E-state index is 14.5. The van der Waals surface area contributed by atoms with Crippen molar-refractivity contribution in [3.63, 3.8) is 0 Å². The molecule has 22 heavy (non-hydrogen) atoms. The van der Waals surface area contributed by atoms with E-state index >= 15 is 0 Å². The summed E-state index contributed by atoms with van der Waals surface area (Å²) in [6.45, 7) is 5.58. The number of carboxylic acid groups (broad SMARTS) is 1. The Labute approximate surface area is 127 Å². The van der Waals surface area contributed by atoms with Crippen molar-refractivity contribution in [2.45, 2.75) is 32.7 Å². The quantitative estimate of drug-likeness (QED) is 0.803. The summed E-state index contributed by atoms with van der Waals surface area (Å²) in [4.78, 5) is 15.6. The highest BCUT2D eigenvalue weighted by atomic mass is 19.1. The fraction of sp³-hybridized carbons (Fsp3) is 0.400. The summed E-state index contributed by atoms with van der Waals surface area (Å²) >= 11 is 0. The average molecular weight is 306 g/mol. The van der Waals surface area contributed by atoms with Gasteiger partial charge in [-0.25, -0.2) is 14.2 Å². The van der Waals surface area contributed by atoms with Gasteiger partial charge in [0, 0.05) is 11.1 Å². The summed E-state index contributed by atoms with van der Waals surface area (Å²) in [5.41, 5.74) is 4.31. The monoisotopic (exact) mass is 306 g/mol. The Bertz CT molecular complexity index is 679. The van der Waals surface area contributed by atoms with Gasteiger partial charge >= 0.3 is 5.97 Å². The number of hydrogen-bond acceptors (Lipinski definition) is 4. The van der Waals surface area contributed by atoms with E-state index < -0.39 is 17.3 Å². The smallest absolute Gasteiger partial charge is 0.328 e. The van der Waals surface area contributed by atoms with Crippen molar-refractivity contribution in [2.24, 2.45) is 11.1 Å². The Morgan fingerprint density at radius 1 is 1.41 bits per heavy atom. The SMILES string of the molecule is CC(C)(C)C[C@](N)(C(=O)O)c1ccc(-c2ncn[nH]2)cc1F. The first-order valence-electron chi connectivity index (χ1n) is 6.81. The highest BCUT2D eigenvalue weighted by molar-refractivity contribution is 5.81.